The van der Waals surface area contributed by atoms with E-state index >= 15 is 0 Å². The van der Waals surface area contributed by atoms with Gasteiger partial charge in [0.25, 0.3) is 5.91 Å². The second kappa shape index (κ2) is 4.84. The predicted octanol–water partition coefficient (Wildman–Crippen LogP) is 3.58. The smallest absolute Gasteiger partial charge is 0.272 e. The fraction of sp³-hybridized carbons (Fsp3) is 0.778. The molecule has 0 radical (unpaired) electrons. The lowest BCUT2D eigenvalue weighted by molar-refractivity contribution is 0.0697. The zero-order valence-electron chi connectivity index (χ0n) is 14.8. The van der Waals surface area contributed by atoms with Crippen LogP contribution >= 0.6 is 0 Å². The third-order valence-corrected chi connectivity index (χ3v) is 5.39. The summed E-state index contributed by atoms with van der Waals surface area (Å²) in [6.07, 6.45) is 3.48. The van der Waals surface area contributed by atoms with Crippen LogP contribution in [-0.4, -0.2) is 33.2 Å². The summed E-state index contributed by atoms with van der Waals surface area (Å²) in [7, 11) is 1.88. The molecule has 1 aromatic rings. The van der Waals surface area contributed by atoms with Crippen molar-refractivity contribution in [2.45, 2.75) is 65.8 Å². The van der Waals surface area contributed by atoms with Crippen molar-refractivity contribution in [1.29, 1.82) is 0 Å². The standard InChI is InChI=1S/C18H29N3O/c1-12(2)14-7-15(20(6)19-14)16(22)21-11-18(5)9-13(21)8-17(3,4)10-18/h7,12-13H,8-11H2,1-6H3. The van der Waals surface area contributed by atoms with Crippen molar-refractivity contribution in [2.24, 2.45) is 17.9 Å². The molecule has 1 aliphatic heterocycles. The fourth-order valence-corrected chi connectivity index (χ4v) is 4.82. The Labute approximate surface area is 133 Å². The highest BCUT2D eigenvalue weighted by atomic mass is 16.2. The molecule has 4 heteroatoms. The lowest BCUT2D eigenvalue weighted by Crippen LogP contribution is -2.38. The lowest BCUT2D eigenvalue weighted by atomic mass is 9.65. The molecule has 2 atom stereocenters. The number of fused-ring (bicyclic) bond motifs is 2. The molecule has 2 bridgehead atoms. The molecule has 2 aliphatic rings. The molecule has 0 spiro atoms. The maximum absolute atomic E-state index is 13.1. The molecular weight excluding hydrogens is 274 g/mol. The molecule has 2 unspecified atom stereocenters. The van der Waals surface area contributed by atoms with Gasteiger partial charge in [0.2, 0.25) is 0 Å². The highest BCUT2D eigenvalue weighted by Gasteiger charge is 2.51. The number of nitrogens with zero attached hydrogens (tertiary/aromatic N) is 3. The fourth-order valence-electron chi connectivity index (χ4n) is 4.82. The molecule has 2 heterocycles. The van der Waals surface area contributed by atoms with Gasteiger partial charge in [0, 0.05) is 19.6 Å². The Morgan fingerprint density at radius 2 is 2.00 bits per heavy atom. The van der Waals surface area contributed by atoms with Crippen LogP contribution < -0.4 is 0 Å². The van der Waals surface area contributed by atoms with Gasteiger partial charge >= 0.3 is 0 Å². The molecule has 1 saturated carbocycles. The van der Waals surface area contributed by atoms with Crippen LogP contribution in [0.5, 0.6) is 0 Å². The van der Waals surface area contributed by atoms with Crippen LogP contribution in [0.25, 0.3) is 0 Å². The number of aryl methyl sites for hydroxylation is 1. The number of amides is 1. The van der Waals surface area contributed by atoms with Gasteiger partial charge in [0.1, 0.15) is 5.69 Å². The minimum Gasteiger partial charge on any atom is -0.334 e. The van der Waals surface area contributed by atoms with Crippen molar-refractivity contribution < 1.29 is 4.79 Å². The zero-order chi connectivity index (χ0) is 16.3. The maximum atomic E-state index is 13.1. The van der Waals surface area contributed by atoms with Gasteiger partial charge in [-0.05, 0) is 42.1 Å². The first kappa shape index (κ1) is 15.6. The molecule has 3 rings (SSSR count). The average molecular weight is 303 g/mol. The number of likely N-dealkylation sites (tertiary alicyclic amines) is 1. The van der Waals surface area contributed by atoms with Crippen molar-refractivity contribution in [2.75, 3.05) is 6.54 Å². The summed E-state index contributed by atoms with van der Waals surface area (Å²) in [4.78, 5) is 15.2. The first-order chi connectivity index (χ1) is 10.1. The summed E-state index contributed by atoms with van der Waals surface area (Å²) < 4.78 is 1.76. The van der Waals surface area contributed by atoms with Gasteiger partial charge in [-0.2, -0.15) is 5.10 Å². The van der Waals surface area contributed by atoms with Crippen LogP contribution in [0, 0.1) is 10.8 Å². The van der Waals surface area contributed by atoms with E-state index in [9.17, 15) is 4.79 Å². The van der Waals surface area contributed by atoms with Gasteiger partial charge in [0.15, 0.2) is 0 Å². The Morgan fingerprint density at radius 3 is 2.59 bits per heavy atom. The number of rotatable bonds is 2. The average Bonchev–Trinajstić information content (AvgIpc) is 2.85. The van der Waals surface area contributed by atoms with Crippen LogP contribution in [0.1, 0.15) is 76.0 Å². The Bertz CT molecular complexity index is 601. The Morgan fingerprint density at radius 1 is 1.32 bits per heavy atom. The number of hydrogen-bond acceptors (Lipinski definition) is 2. The monoisotopic (exact) mass is 303 g/mol. The normalized spacial score (nSPS) is 30.1. The number of carbonyl (C=O) groups is 1. The Balaban J connectivity index is 1.88. The van der Waals surface area contributed by atoms with E-state index in [0.29, 0.717) is 17.4 Å². The molecule has 1 aliphatic carbocycles. The third-order valence-electron chi connectivity index (χ3n) is 5.39. The van der Waals surface area contributed by atoms with Gasteiger partial charge in [-0.1, -0.05) is 34.6 Å². The van der Waals surface area contributed by atoms with E-state index in [1.165, 1.54) is 6.42 Å². The van der Waals surface area contributed by atoms with E-state index in [2.05, 4.69) is 44.6 Å². The Hall–Kier alpha value is -1.32. The van der Waals surface area contributed by atoms with Crippen LogP contribution in [0.4, 0.5) is 0 Å². The molecule has 4 nitrogen and oxygen atoms in total. The summed E-state index contributed by atoms with van der Waals surface area (Å²) >= 11 is 0. The molecule has 1 amide bonds. The Kier molecular flexibility index (Phi) is 3.42. The van der Waals surface area contributed by atoms with E-state index in [0.717, 1.165) is 30.8 Å². The van der Waals surface area contributed by atoms with E-state index in [-0.39, 0.29) is 11.3 Å². The lowest BCUT2D eigenvalue weighted by Gasteiger charge is -2.39. The molecule has 2 fully saturated rings. The largest absolute Gasteiger partial charge is 0.334 e. The van der Waals surface area contributed by atoms with E-state index in [1.807, 2.05) is 13.1 Å². The second-order valence-corrected chi connectivity index (χ2v) is 8.88. The van der Waals surface area contributed by atoms with Gasteiger partial charge in [-0.3, -0.25) is 9.48 Å². The number of hydrogen-bond donors (Lipinski definition) is 0. The quantitative estimate of drug-likeness (QED) is 0.837. The summed E-state index contributed by atoms with van der Waals surface area (Å²) in [6.45, 7) is 12.1. The van der Waals surface area contributed by atoms with E-state index in [1.54, 1.807) is 4.68 Å². The zero-order valence-corrected chi connectivity index (χ0v) is 14.8. The first-order valence-corrected chi connectivity index (χ1v) is 8.45. The molecule has 1 aromatic heterocycles. The van der Waals surface area contributed by atoms with E-state index in [4.69, 9.17) is 0 Å². The first-order valence-electron chi connectivity index (χ1n) is 8.45. The molecule has 1 saturated heterocycles. The molecule has 0 aromatic carbocycles. The number of carbonyl (C=O) groups excluding carboxylic acids is 1. The maximum Gasteiger partial charge on any atom is 0.272 e. The molecule has 22 heavy (non-hydrogen) atoms. The summed E-state index contributed by atoms with van der Waals surface area (Å²) in [6, 6.07) is 2.36. The highest BCUT2D eigenvalue weighted by Crippen LogP contribution is 2.52. The van der Waals surface area contributed by atoms with Gasteiger partial charge in [0.05, 0.1) is 5.69 Å². The predicted molar refractivity (Wildman–Crippen MR) is 87.9 cm³/mol. The molecule has 0 N–H and O–H groups in total. The van der Waals surface area contributed by atoms with Gasteiger partial charge in [-0.15, -0.1) is 0 Å². The summed E-state index contributed by atoms with van der Waals surface area (Å²) in [5, 5.41) is 4.50. The van der Waals surface area contributed by atoms with Crippen molar-refractivity contribution in [3.05, 3.63) is 17.5 Å². The second-order valence-electron chi connectivity index (χ2n) is 8.88. The number of aromatic nitrogens is 2. The summed E-state index contributed by atoms with van der Waals surface area (Å²) in [5.74, 6) is 0.510. The van der Waals surface area contributed by atoms with Gasteiger partial charge < -0.3 is 4.90 Å². The summed E-state index contributed by atoms with van der Waals surface area (Å²) in [5.41, 5.74) is 2.35. The third kappa shape index (κ3) is 2.57. The van der Waals surface area contributed by atoms with Crippen LogP contribution in [-0.2, 0) is 7.05 Å². The highest BCUT2D eigenvalue weighted by molar-refractivity contribution is 5.93. The van der Waals surface area contributed by atoms with Gasteiger partial charge in [-0.25, -0.2) is 0 Å². The SMILES string of the molecule is CC(C)c1cc(C(=O)N2CC3(C)CC2CC(C)(C)C3)n(C)n1. The van der Waals surface area contributed by atoms with Crippen molar-refractivity contribution in [1.82, 2.24) is 14.7 Å². The minimum absolute atomic E-state index is 0.160. The van der Waals surface area contributed by atoms with Crippen molar-refractivity contribution >= 4 is 5.91 Å². The van der Waals surface area contributed by atoms with E-state index < -0.39 is 0 Å². The van der Waals surface area contributed by atoms with Crippen molar-refractivity contribution in [3.63, 3.8) is 0 Å². The van der Waals surface area contributed by atoms with Crippen LogP contribution in [0.15, 0.2) is 6.07 Å². The molecular formula is C18H29N3O. The minimum atomic E-state index is 0.160. The van der Waals surface area contributed by atoms with Crippen molar-refractivity contribution in [3.8, 4) is 0 Å². The topological polar surface area (TPSA) is 38.1 Å². The van der Waals surface area contributed by atoms with Crippen LogP contribution in [0.3, 0.4) is 0 Å². The van der Waals surface area contributed by atoms with Crippen LogP contribution in [0.2, 0.25) is 0 Å². The molecule has 122 valence electrons.